The van der Waals surface area contributed by atoms with Crippen molar-refractivity contribution >= 4 is 17.6 Å². The minimum atomic E-state index is -1.04. The van der Waals surface area contributed by atoms with Crippen LogP contribution in [0.4, 0.5) is 0 Å². The second kappa shape index (κ2) is 5.24. The van der Waals surface area contributed by atoms with Gasteiger partial charge in [0, 0.05) is 11.1 Å². The highest BCUT2D eigenvalue weighted by Crippen LogP contribution is 2.18. The fraction of sp³-hybridized carbons (Fsp3) is 0.154. The van der Waals surface area contributed by atoms with E-state index in [4.69, 9.17) is 16.7 Å². The second-order valence-electron chi connectivity index (χ2n) is 4.14. The molecule has 0 aliphatic heterocycles. The smallest absolute Gasteiger partial charge is 0.335 e. The first-order valence-corrected chi connectivity index (χ1v) is 5.90. The van der Waals surface area contributed by atoms with Crippen LogP contribution in [-0.4, -0.2) is 20.9 Å². The first-order valence-electron chi connectivity index (χ1n) is 5.53. The lowest BCUT2D eigenvalue weighted by Gasteiger charge is -2.07. The molecule has 1 aromatic carbocycles. The van der Waals surface area contributed by atoms with Crippen molar-refractivity contribution in [1.29, 1.82) is 0 Å². The molecule has 2 rings (SSSR count). The van der Waals surface area contributed by atoms with Gasteiger partial charge in [-0.15, -0.1) is 0 Å². The summed E-state index contributed by atoms with van der Waals surface area (Å²) in [7, 11) is 0. The van der Waals surface area contributed by atoms with Gasteiger partial charge in [-0.05, 0) is 30.2 Å². The Kier molecular flexibility index (Phi) is 3.66. The Morgan fingerprint density at radius 3 is 2.74 bits per heavy atom. The van der Waals surface area contributed by atoms with Gasteiger partial charge in [-0.2, -0.15) is 5.10 Å². The molecule has 98 valence electrons. The maximum Gasteiger partial charge on any atom is 0.335 e. The molecule has 0 bridgehead atoms. The second-order valence-corrected chi connectivity index (χ2v) is 4.55. The molecule has 1 heterocycles. The normalized spacial score (nSPS) is 10.4. The van der Waals surface area contributed by atoms with Crippen LogP contribution in [0, 0.1) is 6.92 Å². The van der Waals surface area contributed by atoms with Crippen molar-refractivity contribution in [1.82, 2.24) is 9.78 Å². The summed E-state index contributed by atoms with van der Waals surface area (Å²) in [6.45, 7) is 1.99. The number of carboxylic acids is 1. The van der Waals surface area contributed by atoms with E-state index in [0.717, 1.165) is 5.56 Å². The van der Waals surface area contributed by atoms with Crippen LogP contribution in [0.1, 0.15) is 21.5 Å². The van der Waals surface area contributed by atoms with Crippen LogP contribution >= 0.6 is 11.6 Å². The number of hydrogen-bond acceptors (Lipinski definition) is 3. The van der Waals surface area contributed by atoms with Crippen LogP contribution in [0.2, 0.25) is 5.02 Å². The van der Waals surface area contributed by atoms with Gasteiger partial charge >= 0.3 is 5.97 Å². The summed E-state index contributed by atoms with van der Waals surface area (Å²) >= 11 is 6.00. The number of nitrogens with zero attached hydrogens (tertiary/aromatic N) is 2. The molecule has 0 amide bonds. The molecule has 0 aliphatic rings. The number of aromatic carboxylic acids is 1. The molecule has 0 atom stereocenters. The summed E-state index contributed by atoms with van der Waals surface area (Å²) in [5.41, 5.74) is 1.31. The van der Waals surface area contributed by atoms with Crippen LogP contribution in [0.15, 0.2) is 35.3 Å². The lowest BCUT2D eigenvalue weighted by molar-refractivity contribution is 0.0697. The van der Waals surface area contributed by atoms with Crippen LogP contribution in [-0.2, 0) is 6.54 Å². The zero-order chi connectivity index (χ0) is 14.0. The Hall–Kier alpha value is -2.14. The quantitative estimate of drug-likeness (QED) is 0.931. The SMILES string of the molecule is Cc1cnn(Cc2ccc(C(=O)O)cc2Cl)c(=O)c1. The molecule has 0 unspecified atom stereocenters. The number of aryl methyl sites for hydroxylation is 1. The van der Waals surface area contributed by atoms with Crippen molar-refractivity contribution in [2.24, 2.45) is 0 Å². The molecule has 2 aromatic rings. The molecule has 1 aromatic heterocycles. The highest BCUT2D eigenvalue weighted by molar-refractivity contribution is 6.31. The number of carboxylic acid groups (broad SMARTS) is 1. The van der Waals surface area contributed by atoms with Gasteiger partial charge < -0.3 is 5.11 Å². The Bertz CT molecular complexity index is 695. The van der Waals surface area contributed by atoms with E-state index in [1.165, 1.54) is 22.9 Å². The van der Waals surface area contributed by atoms with Crippen molar-refractivity contribution in [3.63, 3.8) is 0 Å². The summed E-state index contributed by atoms with van der Waals surface area (Å²) in [4.78, 5) is 22.5. The van der Waals surface area contributed by atoms with E-state index in [1.54, 1.807) is 19.2 Å². The van der Waals surface area contributed by atoms with Gasteiger partial charge in [0.25, 0.3) is 5.56 Å². The van der Waals surface area contributed by atoms with Crippen LogP contribution in [0.25, 0.3) is 0 Å². The minimum Gasteiger partial charge on any atom is -0.478 e. The minimum absolute atomic E-state index is 0.109. The average molecular weight is 279 g/mol. The first-order chi connectivity index (χ1) is 8.97. The molecule has 0 spiro atoms. The molecule has 0 radical (unpaired) electrons. The summed E-state index contributed by atoms with van der Waals surface area (Å²) < 4.78 is 1.27. The highest BCUT2D eigenvalue weighted by atomic mass is 35.5. The van der Waals surface area contributed by atoms with Crippen molar-refractivity contribution < 1.29 is 9.90 Å². The summed E-state index contributed by atoms with van der Waals surface area (Å²) in [6.07, 6.45) is 1.58. The lowest BCUT2D eigenvalue weighted by atomic mass is 10.1. The fourth-order valence-corrected chi connectivity index (χ4v) is 1.85. The van der Waals surface area contributed by atoms with Gasteiger partial charge in [0.2, 0.25) is 0 Å². The number of halogens is 1. The van der Waals surface area contributed by atoms with E-state index < -0.39 is 5.97 Å². The average Bonchev–Trinajstić information content (AvgIpc) is 2.34. The maximum atomic E-state index is 11.7. The lowest BCUT2D eigenvalue weighted by Crippen LogP contribution is -2.22. The first kappa shape index (κ1) is 13.3. The van der Waals surface area contributed by atoms with Crippen molar-refractivity contribution in [3.8, 4) is 0 Å². The molecule has 19 heavy (non-hydrogen) atoms. The Balaban J connectivity index is 2.33. The Morgan fingerprint density at radius 1 is 1.42 bits per heavy atom. The molecular formula is C13H11ClN2O3. The summed E-state index contributed by atoms with van der Waals surface area (Å²) in [5, 5.41) is 13.1. The zero-order valence-electron chi connectivity index (χ0n) is 10.1. The molecular weight excluding hydrogens is 268 g/mol. The topological polar surface area (TPSA) is 72.2 Å². The van der Waals surface area contributed by atoms with E-state index in [1.807, 2.05) is 0 Å². The van der Waals surface area contributed by atoms with Gasteiger partial charge in [-0.1, -0.05) is 17.7 Å². The van der Waals surface area contributed by atoms with Crippen LogP contribution < -0.4 is 5.56 Å². The molecule has 0 aliphatic carbocycles. The van der Waals surface area contributed by atoms with E-state index in [9.17, 15) is 9.59 Å². The molecule has 0 fully saturated rings. The van der Waals surface area contributed by atoms with Gasteiger partial charge in [-0.25, -0.2) is 9.48 Å². The van der Waals surface area contributed by atoms with E-state index in [-0.39, 0.29) is 17.7 Å². The third kappa shape index (κ3) is 3.00. The van der Waals surface area contributed by atoms with Crippen molar-refractivity contribution in [2.45, 2.75) is 13.5 Å². The van der Waals surface area contributed by atoms with Gasteiger partial charge in [0.05, 0.1) is 18.3 Å². The van der Waals surface area contributed by atoms with Crippen molar-refractivity contribution in [3.05, 3.63) is 62.5 Å². The number of benzene rings is 1. The highest BCUT2D eigenvalue weighted by Gasteiger charge is 2.08. The Labute approximate surface area is 114 Å². The Morgan fingerprint density at radius 2 is 2.16 bits per heavy atom. The molecule has 0 saturated heterocycles. The van der Waals surface area contributed by atoms with Crippen LogP contribution in [0.3, 0.4) is 0 Å². The summed E-state index contributed by atoms with van der Waals surface area (Å²) in [6, 6.07) is 5.87. The largest absolute Gasteiger partial charge is 0.478 e. The van der Waals surface area contributed by atoms with Gasteiger partial charge in [-0.3, -0.25) is 4.79 Å². The standard InChI is InChI=1S/C13H11ClN2O3/c1-8-4-12(17)16(15-6-8)7-10-3-2-9(13(18)19)5-11(10)14/h2-6H,7H2,1H3,(H,18,19). The van der Waals surface area contributed by atoms with E-state index >= 15 is 0 Å². The predicted molar refractivity (Wildman–Crippen MR) is 70.7 cm³/mol. The molecule has 5 nitrogen and oxygen atoms in total. The number of carbonyl (C=O) groups is 1. The summed E-state index contributed by atoms with van der Waals surface area (Å²) in [5.74, 6) is -1.04. The number of aromatic nitrogens is 2. The van der Waals surface area contributed by atoms with Gasteiger partial charge in [0.15, 0.2) is 0 Å². The monoisotopic (exact) mass is 278 g/mol. The number of rotatable bonds is 3. The van der Waals surface area contributed by atoms with E-state index in [2.05, 4.69) is 5.10 Å². The molecule has 6 heteroatoms. The number of hydrogen-bond donors (Lipinski definition) is 1. The molecule has 1 N–H and O–H groups in total. The van der Waals surface area contributed by atoms with E-state index in [0.29, 0.717) is 10.6 Å². The molecule has 0 saturated carbocycles. The zero-order valence-corrected chi connectivity index (χ0v) is 10.9. The third-order valence-electron chi connectivity index (χ3n) is 2.63. The third-order valence-corrected chi connectivity index (χ3v) is 2.98. The fourth-order valence-electron chi connectivity index (χ4n) is 1.61. The van der Waals surface area contributed by atoms with Crippen LogP contribution in [0.5, 0.6) is 0 Å². The maximum absolute atomic E-state index is 11.7. The van der Waals surface area contributed by atoms with Gasteiger partial charge in [0.1, 0.15) is 0 Å². The van der Waals surface area contributed by atoms with Crippen molar-refractivity contribution in [2.75, 3.05) is 0 Å². The predicted octanol–water partition coefficient (Wildman–Crippen LogP) is 1.95.